The van der Waals surface area contributed by atoms with Crippen LogP contribution in [0.15, 0.2) is 90.5 Å². The van der Waals surface area contributed by atoms with Crippen LogP contribution in [0.25, 0.3) is 10.8 Å². The van der Waals surface area contributed by atoms with Crippen molar-refractivity contribution in [3.8, 4) is 11.5 Å². The topological polar surface area (TPSA) is 271 Å². The average Bonchev–Trinajstić information content (AvgIpc) is 2.86. The number of nitrogen functional groups attached to an aromatic ring is 1. The van der Waals surface area contributed by atoms with Crippen LogP contribution in [-0.4, -0.2) is 85.2 Å². The molecule has 7 N–H and O–H groups in total. The first-order valence-corrected chi connectivity index (χ1v) is 15.1. The van der Waals surface area contributed by atoms with Gasteiger partial charge in [0, 0.05) is 35.6 Å². The first-order chi connectivity index (χ1) is 18.9. The minimum Gasteiger partial charge on any atom is -0.507 e. The molecule has 0 aliphatic rings. The minimum atomic E-state index is -4.88. The number of nitrogens with two attached hydrogens (primary N) is 1. The van der Waals surface area contributed by atoms with Gasteiger partial charge in [0.1, 0.15) is 28.4 Å². The maximum atomic E-state index is 13.4. The Bertz CT molecular complexity index is 2130. The zero-order valence-electron chi connectivity index (χ0n) is 21.1. The van der Waals surface area contributed by atoms with Crippen molar-refractivity contribution in [2.75, 3.05) is 5.73 Å². The number of carboxylic acids is 1. The number of phenols is 2. The number of carbonyl (C=O) groups is 1. The van der Waals surface area contributed by atoms with Gasteiger partial charge in [0.25, 0.3) is 20.2 Å². The number of carboxylic acid groups (broad SMARTS) is 1. The SMILES string of the molecule is Nc1ccc2cc(S(=O)(=O)O)cc(O)c2c1N=Nc1cc(S(=O)(=O)O)ccc1S(=O)(=O)c1ccc(O)c(C(=O)O)c1.[Na]. The number of nitrogens with zero attached hydrogens (tertiary/aromatic N) is 2. The molecule has 0 amide bonds. The number of fused-ring (bicyclic) bond motifs is 1. The van der Waals surface area contributed by atoms with Gasteiger partial charge in [-0.25, -0.2) is 13.2 Å². The molecule has 0 fully saturated rings. The van der Waals surface area contributed by atoms with Gasteiger partial charge in [-0.1, -0.05) is 6.07 Å². The second-order valence-corrected chi connectivity index (χ2v) is 13.1. The number of anilines is 1. The molecule has 4 aromatic carbocycles. The zero-order valence-corrected chi connectivity index (χ0v) is 25.5. The van der Waals surface area contributed by atoms with Crippen molar-refractivity contribution in [2.24, 2.45) is 10.2 Å². The Labute approximate surface area is 259 Å². The number of benzene rings is 4. The van der Waals surface area contributed by atoms with Gasteiger partial charge in [-0.3, -0.25) is 9.11 Å². The molecule has 0 bridgehead atoms. The van der Waals surface area contributed by atoms with Crippen LogP contribution in [0.4, 0.5) is 17.1 Å². The van der Waals surface area contributed by atoms with E-state index >= 15 is 0 Å². The van der Waals surface area contributed by atoms with E-state index in [1.54, 1.807) is 0 Å². The number of hydrogen-bond acceptors (Lipinski definition) is 12. The smallest absolute Gasteiger partial charge is 0.339 e. The van der Waals surface area contributed by atoms with Crippen LogP contribution >= 0.6 is 0 Å². The van der Waals surface area contributed by atoms with Crippen LogP contribution in [0.3, 0.4) is 0 Å². The quantitative estimate of drug-likeness (QED) is 0.0730. The number of aromatic carboxylic acids is 1. The summed E-state index contributed by atoms with van der Waals surface area (Å²) in [5, 5.41) is 37.0. The van der Waals surface area contributed by atoms with Crippen molar-refractivity contribution in [3.63, 3.8) is 0 Å². The third-order valence-electron chi connectivity index (χ3n) is 5.66. The molecule has 4 aromatic rings. The second-order valence-electron chi connectivity index (χ2n) is 8.31. The number of sulfone groups is 1. The number of hydrogen-bond donors (Lipinski definition) is 6. The van der Waals surface area contributed by atoms with Crippen LogP contribution in [0.2, 0.25) is 0 Å². The molecule has 19 heteroatoms. The van der Waals surface area contributed by atoms with Gasteiger partial charge in [0.05, 0.1) is 30.7 Å². The van der Waals surface area contributed by atoms with E-state index in [4.69, 9.17) is 5.73 Å². The number of aromatic hydroxyl groups is 2. The van der Waals surface area contributed by atoms with Crippen molar-refractivity contribution in [3.05, 3.63) is 66.2 Å². The van der Waals surface area contributed by atoms with Crippen molar-refractivity contribution in [2.45, 2.75) is 19.6 Å². The predicted octanol–water partition coefficient (Wildman–Crippen LogP) is 2.89. The second kappa shape index (κ2) is 11.6. The summed E-state index contributed by atoms with van der Waals surface area (Å²) in [5.41, 5.74) is 4.09. The Kier molecular flexibility index (Phi) is 9.06. The Morgan fingerprint density at radius 3 is 1.93 bits per heavy atom. The summed E-state index contributed by atoms with van der Waals surface area (Å²) >= 11 is 0. The monoisotopic (exact) mass is 646 g/mol. The molecule has 0 heterocycles. The van der Waals surface area contributed by atoms with Crippen LogP contribution in [-0.2, 0) is 30.1 Å². The van der Waals surface area contributed by atoms with Crippen LogP contribution < -0.4 is 5.73 Å². The number of rotatable bonds is 7. The predicted molar refractivity (Wildman–Crippen MR) is 147 cm³/mol. The summed E-state index contributed by atoms with van der Waals surface area (Å²) < 4.78 is 92.3. The fourth-order valence-corrected chi connectivity index (χ4v) is 6.15. The zero-order chi connectivity index (χ0) is 30.5. The van der Waals surface area contributed by atoms with Crippen molar-refractivity contribution >= 4 is 93.4 Å². The van der Waals surface area contributed by atoms with Gasteiger partial charge in [-0.15, -0.1) is 10.2 Å². The summed E-state index contributed by atoms with van der Waals surface area (Å²) in [6.45, 7) is 0. The van der Waals surface area contributed by atoms with E-state index in [1.165, 1.54) is 12.1 Å². The first-order valence-electron chi connectivity index (χ1n) is 10.8. The van der Waals surface area contributed by atoms with Gasteiger partial charge in [-0.05, 0) is 53.9 Å². The molecule has 0 aliphatic carbocycles. The van der Waals surface area contributed by atoms with Gasteiger partial charge in [-0.2, -0.15) is 16.8 Å². The van der Waals surface area contributed by atoms with Gasteiger partial charge >= 0.3 is 5.97 Å². The Hall–Kier alpha value is -3.62. The van der Waals surface area contributed by atoms with Crippen LogP contribution in [0, 0.1) is 0 Å². The van der Waals surface area contributed by atoms with E-state index in [0.717, 1.165) is 30.3 Å². The van der Waals surface area contributed by atoms with Gasteiger partial charge in [0.15, 0.2) is 0 Å². The third kappa shape index (κ3) is 6.40. The molecule has 42 heavy (non-hydrogen) atoms. The van der Waals surface area contributed by atoms with E-state index in [9.17, 15) is 54.5 Å². The molecule has 0 spiro atoms. The molecular formula is C23H17N3NaO12S3. The van der Waals surface area contributed by atoms with Crippen LogP contribution in [0.1, 0.15) is 10.4 Å². The largest absolute Gasteiger partial charge is 0.507 e. The molecule has 15 nitrogen and oxygen atoms in total. The Morgan fingerprint density at radius 2 is 1.33 bits per heavy atom. The van der Waals surface area contributed by atoms with Gasteiger partial charge < -0.3 is 21.1 Å². The first kappa shape index (κ1) is 32.9. The fraction of sp³-hybridized carbons (Fsp3) is 0. The van der Waals surface area contributed by atoms with Gasteiger partial charge in [0.2, 0.25) is 9.84 Å². The van der Waals surface area contributed by atoms with Crippen LogP contribution in [0.5, 0.6) is 11.5 Å². The number of azo groups is 1. The minimum absolute atomic E-state index is 0. The number of phenolic OH excluding ortho intramolecular Hbond substituents is 1. The summed E-state index contributed by atoms with van der Waals surface area (Å²) in [6, 6.07) is 8.76. The molecule has 1 radical (unpaired) electrons. The van der Waals surface area contributed by atoms with E-state index in [2.05, 4.69) is 10.2 Å². The molecule has 0 unspecified atom stereocenters. The third-order valence-corrected chi connectivity index (χ3v) is 9.14. The van der Waals surface area contributed by atoms with E-state index in [1.807, 2.05) is 0 Å². The van der Waals surface area contributed by atoms with Crippen molar-refractivity contribution in [1.82, 2.24) is 0 Å². The maximum Gasteiger partial charge on any atom is 0.339 e. The van der Waals surface area contributed by atoms with Crippen molar-refractivity contribution < 1.29 is 54.5 Å². The van der Waals surface area contributed by atoms with Crippen molar-refractivity contribution in [1.29, 1.82) is 0 Å². The standard InChI is InChI=1S/C23H17N3O12S3.Na/c24-16-4-1-11-7-14(41(36,37)38)10-19(28)21(11)22(16)26-25-17-9-13(40(33,34)35)3-6-20(17)39(31,32)12-2-5-18(27)15(8-12)23(29)30;/h1-10,27-28H,24H2,(H,29,30)(H,33,34,35)(H,36,37,38);. The molecule has 0 saturated heterocycles. The fourth-order valence-electron chi connectivity index (χ4n) is 3.72. The summed E-state index contributed by atoms with van der Waals surface area (Å²) in [4.78, 5) is 8.64. The summed E-state index contributed by atoms with van der Waals surface area (Å²) in [5.74, 6) is -3.06. The molecule has 0 saturated carbocycles. The Morgan fingerprint density at radius 1 is 0.714 bits per heavy atom. The molecule has 215 valence electrons. The average molecular weight is 647 g/mol. The molecule has 0 aromatic heterocycles. The normalized spacial score (nSPS) is 12.3. The summed E-state index contributed by atoms with van der Waals surface area (Å²) in [7, 11) is -14.3. The van der Waals surface area contributed by atoms with E-state index in [-0.39, 0.29) is 51.7 Å². The molecular weight excluding hydrogens is 629 g/mol. The molecule has 0 atom stereocenters. The summed E-state index contributed by atoms with van der Waals surface area (Å²) in [6.07, 6.45) is 0. The van der Waals surface area contributed by atoms with E-state index in [0.29, 0.717) is 18.2 Å². The Balaban J connectivity index is 0.00000484. The van der Waals surface area contributed by atoms with E-state index < -0.39 is 78.4 Å². The molecule has 4 rings (SSSR count). The molecule has 0 aliphatic heterocycles. The maximum absolute atomic E-state index is 13.4.